The number of rotatable bonds is 2. The summed E-state index contributed by atoms with van der Waals surface area (Å²) in [5.41, 5.74) is 1.34. The molecule has 3 rings (SSSR count). The number of nitrogens with zero attached hydrogens (tertiary/aromatic N) is 4. The maximum absolute atomic E-state index is 13.3. The van der Waals surface area contributed by atoms with Crippen LogP contribution in [0.4, 0.5) is 4.39 Å². The first-order valence-corrected chi connectivity index (χ1v) is 7.04. The highest BCUT2D eigenvalue weighted by atomic mass is 79.9. The summed E-state index contributed by atoms with van der Waals surface area (Å²) < 4.78 is 15.2. The number of aromatic nitrogens is 4. The summed E-state index contributed by atoms with van der Waals surface area (Å²) in [5, 5.41) is 10.1. The minimum Gasteiger partial charge on any atom is -0.384 e. The zero-order valence-corrected chi connectivity index (χ0v) is 13.0. The summed E-state index contributed by atoms with van der Waals surface area (Å²) in [5.74, 6) is -0.425. The summed E-state index contributed by atoms with van der Waals surface area (Å²) in [6.45, 7) is 3.31. The molecule has 0 bridgehead atoms. The van der Waals surface area contributed by atoms with E-state index in [9.17, 15) is 9.50 Å². The van der Waals surface area contributed by atoms with Gasteiger partial charge in [0.05, 0.1) is 29.5 Å². The minimum atomic E-state index is -1.06. The van der Waals surface area contributed by atoms with Gasteiger partial charge in [-0.15, -0.1) is 0 Å². The Morgan fingerprint density at radius 2 is 2.00 bits per heavy atom. The lowest BCUT2D eigenvalue weighted by Crippen LogP contribution is -2.18. The molecule has 0 atom stereocenters. The second-order valence-corrected chi connectivity index (χ2v) is 5.92. The SMILES string of the molecule is CC(C)(O)c1cn2c(-c3ccc(F)c(Br)n3)cnc2cn1. The molecular weight excluding hydrogens is 339 g/mol. The molecule has 0 aliphatic rings. The van der Waals surface area contributed by atoms with Crippen LogP contribution in [0.15, 0.2) is 35.3 Å². The van der Waals surface area contributed by atoms with E-state index in [0.29, 0.717) is 22.7 Å². The van der Waals surface area contributed by atoms with Crippen LogP contribution in [-0.2, 0) is 5.60 Å². The Balaban J connectivity index is 2.20. The molecule has 21 heavy (non-hydrogen) atoms. The van der Waals surface area contributed by atoms with Crippen molar-refractivity contribution in [2.24, 2.45) is 0 Å². The number of hydrogen-bond donors (Lipinski definition) is 1. The highest BCUT2D eigenvalue weighted by molar-refractivity contribution is 9.10. The van der Waals surface area contributed by atoms with Gasteiger partial charge in [-0.2, -0.15) is 0 Å². The fraction of sp³-hybridized carbons (Fsp3) is 0.214. The summed E-state index contributed by atoms with van der Waals surface area (Å²) in [7, 11) is 0. The van der Waals surface area contributed by atoms with Gasteiger partial charge in [-0.3, -0.25) is 9.38 Å². The molecule has 1 N–H and O–H groups in total. The molecular formula is C14H12BrFN4O. The Kier molecular flexibility index (Phi) is 3.26. The van der Waals surface area contributed by atoms with Crippen LogP contribution in [0.3, 0.4) is 0 Å². The minimum absolute atomic E-state index is 0.145. The summed E-state index contributed by atoms with van der Waals surface area (Å²) in [4.78, 5) is 12.6. The average molecular weight is 351 g/mol. The summed E-state index contributed by atoms with van der Waals surface area (Å²) in [6.07, 6.45) is 4.92. The lowest BCUT2D eigenvalue weighted by atomic mass is 10.1. The quantitative estimate of drug-likeness (QED) is 0.721. The van der Waals surface area contributed by atoms with Crippen molar-refractivity contribution < 1.29 is 9.50 Å². The number of fused-ring (bicyclic) bond motifs is 1. The Hall–Kier alpha value is -1.86. The van der Waals surface area contributed by atoms with Gasteiger partial charge in [0, 0.05) is 6.20 Å². The molecule has 0 aliphatic heterocycles. The van der Waals surface area contributed by atoms with Gasteiger partial charge in [0.15, 0.2) is 11.5 Å². The largest absolute Gasteiger partial charge is 0.384 e. The summed E-state index contributed by atoms with van der Waals surface area (Å²) in [6, 6.07) is 2.91. The molecule has 0 unspecified atom stereocenters. The molecule has 5 nitrogen and oxygen atoms in total. The third-order valence-electron chi connectivity index (χ3n) is 3.09. The van der Waals surface area contributed by atoms with Crippen LogP contribution >= 0.6 is 15.9 Å². The second-order valence-electron chi connectivity index (χ2n) is 5.17. The first-order chi connectivity index (χ1) is 9.86. The van der Waals surface area contributed by atoms with E-state index in [4.69, 9.17) is 0 Å². The van der Waals surface area contributed by atoms with E-state index in [0.717, 1.165) is 0 Å². The zero-order valence-electron chi connectivity index (χ0n) is 11.4. The smallest absolute Gasteiger partial charge is 0.156 e. The van der Waals surface area contributed by atoms with Crippen molar-refractivity contribution in [1.29, 1.82) is 0 Å². The van der Waals surface area contributed by atoms with E-state index in [1.807, 2.05) is 0 Å². The molecule has 108 valence electrons. The standard InChI is InChI=1S/C14H12BrFN4O/c1-14(2,21)11-7-20-10(5-18-12(20)6-17-11)9-4-3-8(16)13(15)19-9/h3-7,21H,1-2H3. The molecule has 0 saturated heterocycles. The topological polar surface area (TPSA) is 63.3 Å². The van der Waals surface area contributed by atoms with Crippen LogP contribution in [0.2, 0.25) is 0 Å². The van der Waals surface area contributed by atoms with E-state index in [-0.39, 0.29) is 4.60 Å². The van der Waals surface area contributed by atoms with Crippen LogP contribution < -0.4 is 0 Å². The number of pyridine rings is 1. The van der Waals surface area contributed by atoms with Crippen LogP contribution in [-0.4, -0.2) is 24.5 Å². The molecule has 0 aliphatic carbocycles. The van der Waals surface area contributed by atoms with Gasteiger partial charge < -0.3 is 5.11 Å². The van der Waals surface area contributed by atoms with E-state index in [2.05, 4.69) is 30.9 Å². The fourth-order valence-corrected chi connectivity index (χ4v) is 2.28. The molecule has 0 aromatic carbocycles. The maximum atomic E-state index is 13.3. The van der Waals surface area contributed by atoms with E-state index in [1.54, 1.807) is 42.9 Å². The Morgan fingerprint density at radius 3 is 2.67 bits per heavy atom. The van der Waals surface area contributed by atoms with Crippen molar-refractivity contribution in [2.75, 3.05) is 0 Å². The van der Waals surface area contributed by atoms with Gasteiger partial charge in [0.1, 0.15) is 10.2 Å². The molecule has 3 heterocycles. The highest BCUT2D eigenvalue weighted by Crippen LogP contribution is 2.24. The van der Waals surface area contributed by atoms with Crippen molar-refractivity contribution in [3.63, 3.8) is 0 Å². The molecule has 0 spiro atoms. The molecule has 7 heteroatoms. The van der Waals surface area contributed by atoms with Crippen LogP contribution in [0.25, 0.3) is 17.0 Å². The van der Waals surface area contributed by atoms with Gasteiger partial charge in [-0.05, 0) is 41.9 Å². The van der Waals surface area contributed by atoms with Crippen molar-refractivity contribution in [1.82, 2.24) is 19.4 Å². The monoisotopic (exact) mass is 350 g/mol. The van der Waals surface area contributed by atoms with Gasteiger partial charge >= 0.3 is 0 Å². The Bertz CT molecular complexity index is 825. The van der Waals surface area contributed by atoms with Gasteiger partial charge in [-0.25, -0.2) is 14.4 Å². The predicted octanol–water partition coefficient (Wildman–Crippen LogP) is 2.92. The van der Waals surface area contributed by atoms with Crippen LogP contribution in [0.5, 0.6) is 0 Å². The Morgan fingerprint density at radius 1 is 1.24 bits per heavy atom. The Labute approximate surface area is 128 Å². The van der Waals surface area contributed by atoms with E-state index < -0.39 is 11.4 Å². The van der Waals surface area contributed by atoms with Crippen molar-refractivity contribution in [2.45, 2.75) is 19.4 Å². The van der Waals surface area contributed by atoms with Crippen molar-refractivity contribution >= 4 is 21.6 Å². The van der Waals surface area contributed by atoms with E-state index in [1.165, 1.54) is 6.07 Å². The zero-order chi connectivity index (χ0) is 15.2. The first-order valence-electron chi connectivity index (χ1n) is 6.24. The predicted molar refractivity (Wildman–Crippen MR) is 79.1 cm³/mol. The van der Waals surface area contributed by atoms with E-state index >= 15 is 0 Å². The fourth-order valence-electron chi connectivity index (χ4n) is 1.95. The van der Waals surface area contributed by atoms with Crippen molar-refractivity contribution in [3.05, 3.63) is 46.8 Å². The molecule has 0 saturated carbocycles. The maximum Gasteiger partial charge on any atom is 0.156 e. The first kappa shape index (κ1) is 14.1. The van der Waals surface area contributed by atoms with Gasteiger partial charge in [0.25, 0.3) is 0 Å². The number of halogens is 2. The average Bonchev–Trinajstić information content (AvgIpc) is 2.84. The number of hydrogen-bond acceptors (Lipinski definition) is 4. The van der Waals surface area contributed by atoms with Crippen LogP contribution in [0.1, 0.15) is 19.5 Å². The highest BCUT2D eigenvalue weighted by Gasteiger charge is 2.19. The van der Waals surface area contributed by atoms with Gasteiger partial charge in [-0.1, -0.05) is 0 Å². The van der Waals surface area contributed by atoms with Gasteiger partial charge in [0.2, 0.25) is 0 Å². The van der Waals surface area contributed by atoms with Crippen molar-refractivity contribution in [3.8, 4) is 11.4 Å². The normalized spacial score (nSPS) is 12.0. The molecule has 0 radical (unpaired) electrons. The number of imidazole rings is 1. The molecule has 0 amide bonds. The molecule has 3 aromatic heterocycles. The molecule has 3 aromatic rings. The third-order valence-corrected chi connectivity index (χ3v) is 3.64. The number of aliphatic hydroxyl groups is 1. The second kappa shape index (κ2) is 4.85. The lowest BCUT2D eigenvalue weighted by Gasteiger charge is -2.16. The lowest BCUT2D eigenvalue weighted by molar-refractivity contribution is 0.0734. The molecule has 0 fully saturated rings. The summed E-state index contributed by atoms with van der Waals surface area (Å²) >= 11 is 3.07. The van der Waals surface area contributed by atoms with Crippen LogP contribution in [0, 0.1) is 5.82 Å². The third kappa shape index (κ3) is 2.54.